The second-order valence-corrected chi connectivity index (χ2v) is 5.53. The number of amides is 2. The molecule has 5 nitrogen and oxygen atoms in total. The van der Waals surface area contributed by atoms with Crippen LogP contribution in [0.25, 0.3) is 0 Å². The zero-order chi connectivity index (χ0) is 13.4. The molecule has 2 aliphatic rings. The quantitative estimate of drug-likeness (QED) is 0.670. The highest BCUT2D eigenvalue weighted by Gasteiger charge is 2.43. The lowest BCUT2D eigenvalue weighted by atomic mass is 10.00. The van der Waals surface area contributed by atoms with Gasteiger partial charge in [0, 0.05) is 30.4 Å². The van der Waals surface area contributed by atoms with E-state index in [0.29, 0.717) is 23.8 Å². The number of benzene rings is 1. The van der Waals surface area contributed by atoms with Gasteiger partial charge in [-0.3, -0.25) is 0 Å². The number of urea groups is 1. The van der Waals surface area contributed by atoms with E-state index in [1.807, 2.05) is 12.1 Å². The molecule has 3 atom stereocenters. The Labute approximate surface area is 112 Å². The molecule has 1 saturated heterocycles. The van der Waals surface area contributed by atoms with Gasteiger partial charge in [-0.2, -0.15) is 0 Å². The Morgan fingerprint density at radius 1 is 1.37 bits per heavy atom. The Kier molecular flexibility index (Phi) is 3.06. The molecule has 19 heavy (non-hydrogen) atoms. The molecule has 0 spiro atoms. The van der Waals surface area contributed by atoms with Crippen LogP contribution in [0.1, 0.15) is 12.8 Å². The number of hydrogen-bond donors (Lipinski definition) is 3. The minimum absolute atomic E-state index is 0.104. The highest BCUT2D eigenvalue weighted by Crippen LogP contribution is 2.38. The van der Waals surface area contributed by atoms with Gasteiger partial charge in [-0.25, -0.2) is 4.79 Å². The molecule has 1 aromatic carbocycles. The monoisotopic (exact) mass is 261 g/mol. The number of nitrogens with one attached hydrogen (secondary N) is 1. The average Bonchev–Trinajstić information content (AvgIpc) is 2.92. The van der Waals surface area contributed by atoms with Crippen molar-refractivity contribution in [2.45, 2.75) is 18.9 Å². The van der Waals surface area contributed by atoms with E-state index < -0.39 is 0 Å². The van der Waals surface area contributed by atoms with Gasteiger partial charge in [0.05, 0.1) is 6.10 Å². The Morgan fingerprint density at radius 3 is 2.95 bits per heavy atom. The van der Waals surface area contributed by atoms with Crippen molar-refractivity contribution in [1.29, 1.82) is 0 Å². The number of likely N-dealkylation sites (tertiary alicyclic amines) is 1. The maximum atomic E-state index is 12.2. The van der Waals surface area contributed by atoms with Gasteiger partial charge < -0.3 is 21.1 Å². The number of aliphatic hydroxyl groups excluding tert-OH is 1. The molecule has 1 heterocycles. The smallest absolute Gasteiger partial charge is 0.321 e. The molecule has 102 valence electrons. The molecular formula is C14H19N3O2. The number of nitrogens with zero attached hydrogens (tertiary/aromatic N) is 1. The van der Waals surface area contributed by atoms with Gasteiger partial charge >= 0.3 is 6.03 Å². The van der Waals surface area contributed by atoms with Crippen molar-refractivity contribution in [1.82, 2.24) is 4.90 Å². The topological polar surface area (TPSA) is 78.6 Å². The molecule has 1 aliphatic carbocycles. The standard InChI is InChI=1S/C14H19N3O2/c15-10-2-1-3-11(6-10)16-14(19)17-7-9-4-5-13(18)12(9)8-17/h1-3,6,9,12-13,18H,4-5,7-8,15H2,(H,16,19). The lowest BCUT2D eigenvalue weighted by molar-refractivity contribution is 0.127. The van der Waals surface area contributed by atoms with Crippen LogP contribution in [0.2, 0.25) is 0 Å². The summed E-state index contributed by atoms with van der Waals surface area (Å²) in [6.07, 6.45) is 1.66. The number of anilines is 2. The lowest BCUT2D eigenvalue weighted by Crippen LogP contribution is -2.34. The van der Waals surface area contributed by atoms with Gasteiger partial charge in [0.1, 0.15) is 0 Å². The molecule has 3 rings (SSSR count). The van der Waals surface area contributed by atoms with Gasteiger partial charge in [-0.15, -0.1) is 0 Å². The highest BCUT2D eigenvalue weighted by atomic mass is 16.3. The van der Waals surface area contributed by atoms with Gasteiger partial charge in [-0.1, -0.05) is 6.07 Å². The maximum absolute atomic E-state index is 12.2. The van der Waals surface area contributed by atoms with Crippen molar-refractivity contribution in [2.24, 2.45) is 11.8 Å². The van der Waals surface area contributed by atoms with Gasteiger partial charge in [0.15, 0.2) is 0 Å². The molecule has 0 radical (unpaired) electrons. The van der Waals surface area contributed by atoms with Crippen molar-refractivity contribution in [3.8, 4) is 0 Å². The zero-order valence-corrected chi connectivity index (χ0v) is 10.7. The van der Waals surface area contributed by atoms with Crippen molar-refractivity contribution < 1.29 is 9.90 Å². The van der Waals surface area contributed by atoms with E-state index in [1.54, 1.807) is 17.0 Å². The first-order valence-electron chi connectivity index (χ1n) is 6.73. The zero-order valence-electron chi connectivity index (χ0n) is 10.7. The summed E-state index contributed by atoms with van der Waals surface area (Å²) in [4.78, 5) is 13.9. The van der Waals surface area contributed by atoms with Gasteiger partial charge in [0.2, 0.25) is 0 Å². The SMILES string of the molecule is Nc1cccc(NC(=O)N2CC3CCC(O)C3C2)c1. The summed E-state index contributed by atoms with van der Waals surface area (Å²) in [5, 5.41) is 12.7. The molecule has 3 unspecified atom stereocenters. The van der Waals surface area contributed by atoms with E-state index in [2.05, 4.69) is 5.32 Å². The third kappa shape index (κ3) is 2.38. The van der Waals surface area contributed by atoms with Crippen LogP contribution < -0.4 is 11.1 Å². The minimum atomic E-state index is -0.241. The van der Waals surface area contributed by atoms with Crippen LogP contribution in [0.4, 0.5) is 16.2 Å². The van der Waals surface area contributed by atoms with Crippen LogP contribution >= 0.6 is 0 Å². The summed E-state index contributed by atoms with van der Waals surface area (Å²) in [5.74, 6) is 0.716. The van der Waals surface area contributed by atoms with Crippen molar-refractivity contribution in [3.05, 3.63) is 24.3 Å². The fourth-order valence-corrected chi connectivity index (χ4v) is 3.22. The first kappa shape index (κ1) is 12.3. The van der Waals surface area contributed by atoms with Crippen molar-refractivity contribution >= 4 is 17.4 Å². The largest absolute Gasteiger partial charge is 0.399 e. The number of aliphatic hydroxyl groups is 1. The Morgan fingerprint density at radius 2 is 2.21 bits per heavy atom. The number of carbonyl (C=O) groups is 1. The Balaban J connectivity index is 1.63. The van der Waals surface area contributed by atoms with E-state index in [0.717, 1.165) is 19.4 Å². The summed E-state index contributed by atoms with van der Waals surface area (Å²) in [6.45, 7) is 1.40. The van der Waals surface area contributed by atoms with Crippen LogP contribution in [0.15, 0.2) is 24.3 Å². The third-order valence-corrected chi connectivity index (χ3v) is 4.24. The normalized spacial score (nSPS) is 29.3. The second kappa shape index (κ2) is 4.74. The predicted molar refractivity (Wildman–Crippen MR) is 73.7 cm³/mol. The second-order valence-electron chi connectivity index (χ2n) is 5.53. The van der Waals surface area contributed by atoms with Crippen molar-refractivity contribution in [3.63, 3.8) is 0 Å². The molecule has 1 aliphatic heterocycles. The van der Waals surface area contributed by atoms with E-state index in [-0.39, 0.29) is 18.1 Å². The first-order valence-corrected chi connectivity index (χ1v) is 6.73. The minimum Gasteiger partial charge on any atom is -0.399 e. The number of nitrogen functional groups attached to an aromatic ring is 1. The number of fused-ring (bicyclic) bond motifs is 1. The van der Waals surface area contributed by atoms with Gasteiger partial charge in [0.25, 0.3) is 0 Å². The third-order valence-electron chi connectivity index (χ3n) is 4.24. The Hall–Kier alpha value is -1.75. The summed E-state index contributed by atoms with van der Waals surface area (Å²) < 4.78 is 0. The molecule has 2 fully saturated rings. The molecule has 4 N–H and O–H groups in total. The molecule has 5 heteroatoms. The molecule has 0 aromatic heterocycles. The Bertz CT molecular complexity index is 491. The van der Waals surface area contributed by atoms with E-state index >= 15 is 0 Å². The van der Waals surface area contributed by atoms with E-state index in [9.17, 15) is 9.90 Å². The molecule has 1 saturated carbocycles. The number of rotatable bonds is 1. The summed E-state index contributed by atoms with van der Waals surface area (Å²) in [6, 6.07) is 7.05. The number of nitrogens with two attached hydrogens (primary N) is 1. The van der Waals surface area contributed by atoms with E-state index in [1.165, 1.54) is 0 Å². The summed E-state index contributed by atoms with van der Waals surface area (Å²) in [7, 11) is 0. The average molecular weight is 261 g/mol. The maximum Gasteiger partial charge on any atom is 0.321 e. The molecular weight excluding hydrogens is 242 g/mol. The van der Waals surface area contributed by atoms with Crippen LogP contribution in [0, 0.1) is 11.8 Å². The van der Waals surface area contributed by atoms with Crippen molar-refractivity contribution in [2.75, 3.05) is 24.1 Å². The summed E-state index contributed by atoms with van der Waals surface area (Å²) in [5.41, 5.74) is 7.02. The molecule has 0 bridgehead atoms. The van der Waals surface area contributed by atoms with Crippen LogP contribution in [-0.4, -0.2) is 35.2 Å². The molecule has 1 aromatic rings. The van der Waals surface area contributed by atoms with Gasteiger partial charge in [-0.05, 0) is 37.0 Å². The van der Waals surface area contributed by atoms with Crippen LogP contribution in [0.5, 0.6) is 0 Å². The summed E-state index contributed by atoms with van der Waals surface area (Å²) >= 11 is 0. The van der Waals surface area contributed by atoms with Crippen LogP contribution in [0.3, 0.4) is 0 Å². The van der Waals surface area contributed by atoms with E-state index in [4.69, 9.17) is 5.73 Å². The predicted octanol–water partition coefficient (Wildman–Crippen LogP) is 1.50. The highest BCUT2D eigenvalue weighted by molar-refractivity contribution is 5.90. The number of hydrogen-bond acceptors (Lipinski definition) is 3. The number of carbonyl (C=O) groups excluding carboxylic acids is 1. The first-order chi connectivity index (χ1) is 9.13. The lowest BCUT2D eigenvalue weighted by Gasteiger charge is -2.19. The fourth-order valence-electron chi connectivity index (χ4n) is 3.22. The van der Waals surface area contributed by atoms with Crippen LogP contribution in [-0.2, 0) is 0 Å². The molecule has 2 amide bonds. The fraction of sp³-hybridized carbons (Fsp3) is 0.500.